The summed E-state index contributed by atoms with van der Waals surface area (Å²) < 4.78 is 38.9. The number of anilines is 2. The number of aromatic nitrogens is 3. The van der Waals surface area contributed by atoms with Crippen molar-refractivity contribution in [2.24, 2.45) is 5.92 Å². The van der Waals surface area contributed by atoms with Crippen LogP contribution in [0.25, 0.3) is 10.3 Å². The van der Waals surface area contributed by atoms with Gasteiger partial charge in [-0.2, -0.15) is 18.2 Å². The molecule has 0 aliphatic carbocycles. The predicted octanol–water partition coefficient (Wildman–Crippen LogP) is 3.25. The molecule has 7 nitrogen and oxygen atoms in total. The molecule has 0 radical (unpaired) electrons. The maximum atomic E-state index is 12.8. The molecule has 11 heteroatoms. The van der Waals surface area contributed by atoms with Crippen LogP contribution in [0.5, 0.6) is 0 Å². The Kier molecular flexibility index (Phi) is 4.99. The lowest BCUT2D eigenvalue weighted by Crippen LogP contribution is -2.38. The number of carbonyl (C=O) groups excluding carboxylic acids is 1. The topological polar surface area (TPSA) is 91.0 Å². The minimum atomic E-state index is -4.46. The van der Waals surface area contributed by atoms with Gasteiger partial charge in [0.2, 0.25) is 5.91 Å². The minimum Gasteiger partial charge on any atom is -0.348 e. The molecule has 1 amide bonds. The van der Waals surface area contributed by atoms with Crippen LogP contribution in [-0.4, -0.2) is 33.9 Å². The van der Waals surface area contributed by atoms with E-state index < -0.39 is 11.7 Å². The normalized spacial score (nSPS) is 15.6. The molecule has 1 aliphatic heterocycles. The van der Waals surface area contributed by atoms with Gasteiger partial charge in [-0.15, -0.1) is 0 Å². The molecule has 3 aromatic rings. The van der Waals surface area contributed by atoms with Crippen LogP contribution in [0.4, 0.5) is 24.0 Å². The number of fused-ring (bicyclic) bond motifs is 1. The molecule has 3 heterocycles. The molecule has 1 aromatic carbocycles. The van der Waals surface area contributed by atoms with Gasteiger partial charge in [-0.25, -0.2) is 4.98 Å². The maximum absolute atomic E-state index is 12.8. The maximum Gasteiger partial charge on any atom is 0.416 e. The third-order valence-corrected chi connectivity index (χ3v) is 5.88. The van der Waals surface area contributed by atoms with Gasteiger partial charge in [-0.1, -0.05) is 17.4 Å². The summed E-state index contributed by atoms with van der Waals surface area (Å²) in [4.78, 5) is 37.2. The molecule has 1 aliphatic rings. The number of carbonyl (C=O) groups is 1. The second kappa shape index (κ2) is 7.47. The fourth-order valence-corrected chi connectivity index (χ4v) is 4.21. The second-order valence-corrected chi connectivity index (χ2v) is 7.69. The lowest BCUT2D eigenvalue weighted by Gasteiger charge is -2.31. The molecule has 4 rings (SSSR count). The molecule has 152 valence electrons. The largest absolute Gasteiger partial charge is 0.416 e. The molecule has 2 N–H and O–H groups in total. The molecular weight excluding hydrogens is 407 g/mol. The van der Waals surface area contributed by atoms with Crippen molar-refractivity contribution in [1.82, 2.24) is 15.0 Å². The molecule has 2 aromatic heterocycles. The lowest BCUT2D eigenvalue weighted by molar-refractivity contribution is -0.137. The Bertz CT molecular complexity index is 1100. The zero-order valence-corrected chi connectivity index (χ0v) is 15.8. The highest BCUT2D eigenvalue weighted by molar-refractivity contribution is 7.22. The zero-order chi connectivity index (χ0) is 20.6. The van der Waals surface area contributed by atoms with E-state index in [9.17, 15) is 22.8 Å². The molecule has 29 heavy (non-hydrogen) atoms. The first-order valence-electron chi connectivity index (χ1n) is 8.88. The third-order valence-electron chi connectivity index (χ3n) is 4.78. The Balaban J connectivity index is 1.39. The van der Waals surface area contributed by atoms with E-state index in [-0.39, 0.29) is 23.1 Å². The summed E-state index contributed by atoms with van der Waals surface area (Å²) in [5, 5.41) is 3.25. The van der Waals surface area contributed by atoms with Crippen LogP contribution in [-0.2, 0) is 11.0 Å². The molecule has 1 saturated heterocycles. The van der Waals surface area contributed by atoms with Crippen LogP contribution in [0.3, 0.4) is 0 Å². The molecule has 0 bridgehead atoms. The summed E-state index contributed by atoms with van der Waals surface area (Å²) in [6.07, 6.45) is -2.09. The number of hydrogen-bond donors (Lipinski definition) is 2. The minimum absolute atomic E-state index is 0.128. The van der Waals surface area contributed by atoms with E-state index >= 15 is 0 Å². The Morgan fingerprint density at radius 3 is 2.72 bits per heavy atom. The summed E-state index contributed by atoms with van der Waals surface area (Å²) >= 11 is 1.25. The van der Waals surface area contributed by atoms with E-state index in [1.165, 1.54) is 29.8 Å². The van der Waals surface area contributed by atoms with Crippen LogP contribution in [0.2, 0.25) is 0 Å². The fourth-order valence-electron chi connectivity index (χ4n) is 3.24. The third kappa shape index (κ3) is 4.09. The number of rotatable bonds is 3. The van der Waals surface area contributed by atoms with Gasteiger partial charge in [0.05, 0.1) is 11.9 Å². The highest BCUT2D eigenvalue weighted by Gasteiger charge is 2.31. The number of hydrogen-bond acceptors (Lipinski definition) is 6. The van der Waals surface area contributed by atoms with Crippen molar-refractivity contribution >= 4 is 38.4 Å². The van der Waals surface area contributed by atoms with Gasteiger partial charge in [0.15, 0.2) is 10.8 Å². The first-order chi connectivity index (χ1) is 13.8. The Labute approximate surface area is 166 Å². The summed E-state index contributed by atoms with van der Waals surface area (Å²) in [5.74, 6) is -0.608. The van der Waals surface area contributed by atoms with Crippen molar-refractivity contribution in [3.8, 4) is 0 Å². The van der Waals surface area contributed by atoms with Crippen molar-refractivity contribution < 1.29 is 18.0 Å². The van der Waals surface area contributed by atoms with Gasteiger partial charge in [0.25, 0.3) is 5.56 Å². The summed E-state index contributed by atoms with van der Waals surface area (Å²) in [6, 6.07) is 4.60. The average molecular weight is 423 g/mol. The molecule has 0 saturated carbocycles. The number of nitrogens with one attached hydrogen (secondary N) is 2. The molecule has 0 unspecified atom stereocenters. The smallest absolute Gasteiger partial charge is 0.348 e. The number of thiazole rings is 1. The summed E-state index contributed by atoms with van der Waals surface area (Å²) in [6.45, 7) is 1.11. The van der Waals surface area contributed by atoms with E-state index in [1.54, 1.807) is 0 Å². The fraction of sp³-hybridized carbons (Fsp3) is 0.333. The van der Waals surface area contributed by atoms with Crippen molar-refractivity contribution in [3.05, 3.63) is 46.5 Å². The monoisotopic (exact) mass is 423 g/mol. The van der Waals surface area contributed by atoms with Crippen molar-refractivity contribution in [3.63, 3.8) is 0 Å². The van der Waals surface area contributed by atoms with E-state index in [0.717, 1.165) is 12.1 Å². The molecule has 0 spiro atoms. The number of alkyl halides is 3. The van der Waals surface area contributed by atoms with E-state index in [4.69, 9.17) is 0 Å². The summed E-state index contributed by atoms with van der Waals surface area (Å²) in [5.41, 5.74) is -0.527. The van der Waals surface area contributed by atoms with E-state index in [0.29, 0.717) is 41.4 Å². The Hall–Kier alpha value is -2.95. The van der Waals surface area contributed by atoms with Gasteiger partial charge in [0.1, 0.15) is 4.70 Å². The first kappa shape index (κ1) is 19.4. The van der Waals surface area contributed by atoms with Gasteiger partial charge in [0, 0.05) is 24.7 Å². The number of nitrogens with zero attached hydrogens (tertiary/aromatic N) is 3. The SMILES string of the molecule is O=C(Nc1cccc(C(F)(F)F)c1)C1CCN(c2nc3nc[nH]c(=O)c3s2)CC1. The van der Waals surface area contributed by atoms with E-state index in [2.05, 4.69) is 20.3 Å². The number of benzene rings is 1. The van der Waals surface area contributed by atoms with Crippen LogP contribution < -0.4 is 15.8 Å². The number of aromatic amines is 1. The van der Waals surface area contributed by atoms with Crippen molar-refractivity contribution in [2.75, 3.05) is 23.3 Å². The number of halogens is 3. The first-order valence-corrected chi connectivity index (χ1v) is 9.70. The highest BCUT2D eigenvalue weighted by Crippen LogP contribution is 2.32. The van der Waals surface area contributed by atoms with Gasteiger partial charge < -0.3 is 15.2 Å². The van der Waals surface area contributed by atoms with Crippen LogP contribution in [0.1, 0.15) is 18.4 Å². The van der Waals surface area contributed by atoms with Crippen molar-refractivity contribution in [2.45, 2.75) is 19.0 Å². The zero-order valence-electron chi connectivity index (χ0n) is 15.0. The van der Waals surface area contributed by atoms with Gasteiger partial charge in [-0.05, 0) is 31.0 Å². The number of H-pyrrole nitrogens is 1. The second-order valence-electron chi connectivity index (χ2n) is 6.71. The molecule has 1 fully saturated rings. The Morgan fingerprint density at radius 2 is 2.03 bits per heavy atom. The van der Waals surface area contributed by atoms with Crippen LogP contribution in [0.15, 0.2) is 35.4 Å². The lowest BCUT2D eigenvalue weighted by atomic mass is 9.96. The van der Waals surface area contributed by atoms with Crippen LogP contribution in [0, 0.1) is 5.92 Å². The van der Waals surface area contributed by atoms with Crippen molar-refractivity contribution in [1.29, 1.82) is 0 Å². The van der Waals surface area contributed by atoms with Crippen LogP contribution >= 0.6 is 11.3 Å². The number of amides is 1. The van der Waals surface area contributed by atoms with E-state index in [1.807, 2.05) is 4.90 Å². The quantitative estimate of drug-likeness (QED) is 0.675. The predicted molar refractivity (Wildman–Crippen MR) is 103 cm³/mol. The Morgan fingerprint density at radius 1 is 1.28 bits per heavy atom. The number of piperidine rings is 1. The molecular formula is C18H16F3N5O2S. The van der Waals surface area contributed by atoms with Gasteiger partial charge >= 0.3 is 6.18 Å². The standard InChI is InChI=1S/C18H16F3N5O2S/c19-18(20,21)11-2-1-3-12(8-11)24-15(27)10-4-6-26(7-5-10)17-25-14-13(29-17)16(28)23-9-22-14/h1-3,8-10H,4-7H2,(H,24,27)(H,22,23,28). The average Bonchev–Trinajstić information content (AvgIpc) is 3.13. The molecule has 0 atom stereocenters. The summed E-state index contributed by atoms with van der Waals surface area (Å²) in [7, 11) is 0. The highest BCUT2D eigenvalue weighted by atomic mass is 32.1. The van der Waals surface area contributed by atoms with Gasteiger partial charge in [-0.3, -0.25) is 9.59 Å².